The van der Waals surface area contributed by atoms with Gasteiger partial charge in [-0.2, -0.15) is 0 Å². The van der Waals surface area contributed by atoms with Crippen LogP contribution in [0.5, 0.6) is 0 Å². The molecule has 0 aliphatic carbocycles. The highest BCUT2D eigenvalue weighted by atomic mass is 31.2. The summed E-state index contributed by atoms with van der Waals surface area (Å²) in [6, 6.07) is 0. The van der Waals surface area contributed by atoms with Crippen LogP contribution < -0.4 is 0 Å². The van der Waals surface area contributed by atoms with E-state index in [-0.39, 0.29) is 19.3 Å². The highest BCUT2D eigenvalue weighted by molar-refractivity contribution is 7.47. The zero-order valence-electron chi connectivity index (χ0n) is 66.1. The molecule has 0 aromatic heterocycles. The first-order valence-electron chi connectivity index (χ1n) is 41.5. The molecule has 0 heterocycles. The maximum Gasteiger partial charge on any atom is 0.472 e. The number of rotatable bonds is 78. The Morgan fingerprint density at radius 1 is 0.276 bits per heavy atom. The summed E-state index contributed by atoms with van der Waals surface area (Å²) in [5, 5.41) is 20.7. The van der Waals surface area contributed by atoms with Crippen LogP contribution in [0.1, 0.15) is 342 Å². The number of esters is 3. The van der Waals surface area contributed by atoms with Crippen molar-refractivity contribution in [3.8, 4) is 0 Å². The van der Waals surface area contributed by atoms with E-state index in [1.165, 1.54) is 122 Å². The minimum atomic E-state index is -4.94. The van der Waals surface area contributed by atoms with Gasteiger partial charge < -0.3 is 34.2 Å². The summed E-state index contributed by atoms with van der Waals surface area (Å²) < 4.78 is 61.2. The van der Waals surface area contributed by atoms with Crippen molar-refractivity contribution in [2.75, 3.05) is 39.6 Å². The van der Waals surface area contributed by atoms with Crippen molar-refractivity contribution in [3.05, 3.63) is 134 Å². The monoisotopic (exact) mass is 1510 g/mol. The van der Waals surface area contributed by atoms with Crippen molar-refractivity contribution in [1.82, 2.24) is 0 Å². The van der Waals surface area contributed by atoms with Gasteiger partial charge in [0, 0.05) is 19.3 Å². The zero-order valence-corrected chi connectivity index (χ0v) is 67.9. The van der Waals surface area contributed by atoms with Crippen LogP contribution >= 0.6 is 15.6 Å². The number of unbranched alkanes of at least 4 members (excludes halogenated alkanes) is 33. The fourth-order valence-corrected chi connectivity index (χ4v) is 12.6. The fourth-order valence-electron chi connectivity index (χ4n) is 11.0. The second-order valence-electron chi connectivity index (χ2n) is 27.5. The first-order chi connectivity index (χ1) is 51.2. The molecular formula is C87H150O16P2. The van der Waals surface area contributed by atoms with Gasteiger partial charge in [-0.05, 0) is 141 Å². The summed E-state index contributed by atoms with van der Waals surface area (Å²) in [5.74, 6) is -1.60. The molecule has 16 nitrogen and oxygen atoms in total. The molecule has 0 rings (SSSR count). The number of hydrogen-bond donors (Lipinski definition) is 4. The Balaban J connectivity index is 4.54. The predicted octanol–water partition coefficient (Wildman–Crippen LogP) is 24.7. The Labute approximate surface area is 639 Å². The van der Waals surface area contributed by atoms with Crippen molar-refractivity contribution in [3.63, 3.8) is 0 Å². The molecule has 0 aliphatic heterocycles. The summed E-state index contributed by atoms with van der Waals surface area (Å²) in [5.41, 5.74) is 0. The first kappa shape index (κ1) is 101. The summed E-state index contributed by atoms with van der Waals surface area (Å²) in [6.07, 6.45) is 96.4. The Bertz CT molecular complexity index is 2440. The van der Waals surface area contributed by atoms with E-state index in [1.54, 1.807) is 0 Å². The highest BCUT2D eigenvalue weighted by Crippen LogP contribution is 2.45. The van der Waals surface area contributed by atoms with E-state index < -0.39 is 91.5 Å². The molecule has 0 saturated carbocycles. The minimum absolute atomic E-state index is 0.0839. The van der Waals surface area contributed by atoms with Gasteiger partial charge in [-0.25, -0.2) is 9.13 Å². The smallest absolute Gasteiger partial charge is 0.463 e. The van der Waals surface area contributed by atoms with Gasteiger partial charge in [0.05, 0.1) is 26.4 Å². The first-order valence-corrected chi connectivity index (χ1v) is 44.5. The van der Waals surface area contributed by atoms with Crippen molar-refractivity contribution in [2.45, 2.75) is 360 Å². The number of ether oxygens (including phenoxy) is 3. The number of carbonyl (C=O) groups excluding carboxylic acids is 3. The van der Waals surface area contributed by atoms with Crippen LogP contribution in [-0.4, -0.2) is 95.9 Å². The molecule has 0 aromatic carbocycles. The van der Waals surface area contributed by atoms with Crippen LogP contribution in [0.4, 0.5) is 0 Å². The maximum atomic E-state index is 13.0. The molecule has 0 radical (unpaired) electrons. The molecule has 0 spiro atoms. The molecule has 105 heavy (non-hydrogen) atoms. The van der Waals surface area contributed by atoms with Crippen molar-refractivity contribution in [2.24, 2.45) is 0 Å². The van der Waals surface area contributed by atoms with Crippen LogP contribution in [0.2, 0.25) is 0 Å². The van der Waals surface area contributed by atoms with E-state index in [4.69, 9.17) is 32.3 Å². The molecule has 0 saturated heterocycles. The van der Waals surface area contributed by atoms with Crippen LogP contribution in [0, 0.1) is 0 Å². The molecule has 0 fully saturated rings. The van der Waals surface area contributed by atoms with Gasteiger partial charge in [0.1, 0.15) is 25.4 Å². The highest BCUT2D eigenvalue weighted by Gasteiger charge is 2.29. The Kier molecular flexibility index (Phi) is 76.0. The lowest BCUT2D eigenvalue weighted by Gasteiger charge is -2.21. The van der Waals surface area contributed by atoms with E-state index in [0.29, 0.717) is 19.3 Å². The summed E-state index contributed by atoms with van der Waals surface area (Å²) in [6.45, 7) is 2.51. The molecule has 0 aliphatic rings. The van der Waals surface area contributed by atoms with E-state index in [1.807, 2.05) is 0 Å². The Morgan fingerprint density at radius 2 is 0.505 bits per heavy atom. The van der Waals surface area contributed by atoms with Gasteiger partial charge in [0.25, 0.3) is 0 Å². The third kappa shape index (κ3) is 80.5. The molecule has 0 bridgehead atoms. The van der Waals surface area contributed by atoms with Gasteiger partial charge in [-0.15, -0.1) is 0 Å². The molecule has 0 aromatic rings. The second-order valence-corrected chi connectivity index (χ2v) is 30.4. The topological polar surface area (TPSA) is 231 Å². The SMILES string of the molecule is CC/C=C\C/C=C\C/C=C\C/C=C\CCCCCCCCC(=O)OCC(COP(=O)(O)OCC(O)COP(=O)(O)OCC(O)COC(=O)CCCCCCCCCCCCCCCCC/C=C\C/C=C\C/C=C\C/C=C\CCCCC)OC(=O)CCCCCCCC/C=C\C/C=C\C/C=C\CCCCC. The van der Waals surface area contributed by atoms with E-state index in [9.17, 15) is 43.5 Å². The largest absolute Gasteiger partial charge is 0.472 e. The quantitative estimate of drug-likeness (QED) is 0.0146. The van der Waals surface area contributed by atoms with Crippen molar-refractivity contribution >= 4 is 33.6 Å². The summed E-state index contributed by atoms with van der Waals surface area (Å²) in [7, 11) is -9.80. The lowest BCUT2D eigenvalue weighted by Crippen LogP contribution is -2.30. The predicted molar refractivity (Wildman–Crippen MR) is 436 cm³/mol. The molecule has 604 valence electrons. The van der Waals surface area contributed by atoms with Gasteiger partial charge >= 0.3 is 33.6 Å². The van der Waals surface area contributed by atoms with Crippen molar-refractivity contribution in [1.29, 1.82) is 0 Å². The van der Waals surface area contributed by atoms with E-state index in [0.717, 1.165) is 161 Å². The van der Waals surface area contributed by atoms with Gasteiger partial charge in [0.15, 0.2) is 6.10 Å². The van der Waals surface area contributed by atoms with Crippen LogP contribution in [-0.2, 0) is 55.8 Å². The van der Waals surface area contributed by atoms with E-state index in [2.05, 4.69) is 154 Å². The van der Waals surface area contributed by atoms with Crippen LogP contribution in [0.15, 0.2) is 134 Å². The number of aliphatic hydroxyl groups excluding tert-OH is 2. The average molecular weight is 1510 g/mol. The summed E-state index contributed by atoms with van der Waals surface area (Å²) >= 11 is 0. The van der Waals surface area contributed by atoms with Crippen LogP contribution in [0.3, 0.4) is 0 Å². The second kappa shape index (κ2) is 79.2. The van der Waals surface area contributed by atoms with Gasteiger partial charge in [-0.3, -0.25) is 32.5 Å². The lowest BCUT2D eigenvalue weighted by molar-refractivity contribution is -0.161. The number of allylic oxidation sites excluding steroid dienone is 22. The molecule has 5 atom stereocenters. The Hall–Kier alpha value is -4.31. The van der Waals surface area contributed by atoms with Crippen molar-refractivity contribution < 1.29 is 75.8 Å². The third-order valence-corrected chi connectivity index (χ3v) is 19.2. The number of phosphoric acid groups is 2. The fraction of sp³-hybridized carbons (Fsp3) is 0.713. The standard InChI is InChI=1S/C87H150O16P2/c1-4-7-10-13-16-19-22-25-28-31-34-35-36-37-38-39-40-41-42-43-44-45-48-50-52-55-58-61-64-67-70-73-85(90)97-76-82(88)77-99-104(93,94)100-78-83(89)79-101-105(95,96)102-81-84(103-87(92)75-72-69-66-63-60-57-54-51-47-33-30-27-24-21-18-15-12-9-6-3)80-98-86(91)74-71-68-65-62-59-56-53-49-46-32-29-26-23-20-17-14-11-8-5-2/h8,11,16-21,25-30,34-35,37-38,46-47,49,51,82-84,88-89H,4-7,9-10,12-15,22-24,31-33,36,39-45,48,50,52-81H2,1-3H3,(H,93,94)(H,95,96)/b11-8-,19-16-,20-17-,21-18-,28-25-,29-26-,30-27-,35-34-,38-37-,49-46-,51-47-. The molecule has 4 N–H and O–H groups in total. The van der Waals surface area contributed by atoms with Crippen LogP contribution in [0.25, 0.3) is 0 Å². The normalized spacial score (nSPS) is 14.6. The number of hydrogen-bond acceptors (Lipinski definition) is 14. The maximum absolute atomic E-state index is 13.0. The molecule has 5 unspecified atom stereocenters. The number of aliphatic hydroxyl groups is 2. The number of phosphoric ester groups is 2. The Morgan fingerprint density at radius 3 is 0.800 bits per heavy atom. The number of carbonyl (C=O) groups is 3. The van der Waals surface area contributed by atoms with E-state index >= 15 is 0 Å². The summed E-state index contributed by atoms with van der Waals surface area (Å²) in [4.78, 5) is 58.7. The minimum Gasteiger partial charge on any atom is -0.463 e. The molecule has 18 heteroatoms. The average Bonchev–Trinajstić information content (AvgIpc) is 0.915. The zero-order chi connectivity index (χ0) is 76.6. The van der Waals surface area contributed by atoms with Gasteiger partial charge in [-0.1, -0.05) is 315 Å². The lowest BCUT2D eigenvalue weighted by atomic mass is 10.0. The third-order valence-electron chi connectivity index (χ3n) is 17.3. The molecular weight excluding hydrogens is 1360 g/mol. The molecule has 0 amide bonds. The van der Waals surface area contributed by atoms with Gasteiger partial charge in [0.2, 0.25) is 0 Å².